The van der Waals surface area contributed by atoms with Crippen LogP contribution in [0.2, 0.25) is 0 Å². The quantitative estimate of drug-likeness (QED) is 0.458. The van der Waals surface area contributed by atoms with Crippen molar-refractivity contribution in [3.05, 3.63) is 23.1 Å². The Morgan fingerprint density at radius 2 is 1.88 bits per heavy atom. The number of morpholine rings is 1. The summed E-state index contributed by atoms with van der Waals surface area (Å²) in [5.41, 5.74) is -2.04. The van der Waals surface area contributed by atoms with Crippen molar-refractivity contribution in [1.82, 2.24) is 15.8 Å². The fraction of sp³-hybridized carbons (Fsp3) is 0.474. The van der Waals surface area contributed by atoms with Crippen LogP contribution in [-0.2, 0) is 20.7 Å². The SMILES string of the molecule is Cc1noc2c(F)c3c(cc12)CC1(C(=O)NC(=O)NC1=O)[C@H]1[C@H](C)O[C@H](C(F)(F)F)CN31. The molecule has 170 valence electrons. The summed E-state index contributed by atoms with van der Waals surface area (Å²) >= 11 is 0. The van der Waals surface area contributed by atoms with Crippen molar-refractivity contribution in [3.63, 3.8) is 0 Å². The van der Waals surface area contributed by atoms with Crippen LogP contribution in [0.5, 0.6) is 0 Å². The largest absolute Gasteiger partial charge is 0.416 e. The molecule has 0 saturated carbocycles. The molecule has 2 aromatic rings. The lowest BCUT2D eigenvalue weighted by Gasteiger charge is -2.55. The number of ether oxygens (including phenoxy) is 1. The Labute approximate surface area is 177 Å². The van der Waals surface area contributed by atoms with Gasteiger partial charge in [0.05, 0.1) is 30.1 Å². The van der Waals surface area contributed by atoms with E-state index in [1.54, 1.807) is 6.92 Å². The number of urea groups is 1. The van der Waals surface area contributed by atoms with Gasteiger partial charge in [0.25, 0.3) is 0 Å². The van der Waals surface area contributed by atoms with Crippen LogP contribution < -0.4 is 15.5 Å². The van der Waals surface area contributed by atoms with Crippen molar-refractivity contribution in [2.45, 2.75) is 44.7 Å². The number of aromatic nitrogens is 1. The first-order valence-corrected chi connectivity index (χ1v) is 9.68. The summed E-state index contributed by atoms with van der Waals surface area (Å²) in [5, 5.41) is 7.99. The molecule has 2 fully saturated rings. The highest BCUT2D eigenvalue weighted by Crippen LogP contribution is 2.50. The number of amides is 4. The standard InChI is InChI=1S/C19H16F4N4O5/c1-6-9-3-8-4-18(15(28)24-17(30)25-16(18)29)14-7(2)31-10(19(21,22)23)5-27(14)12(8)11(20)13(9)32-26-6/h3,7,10,14H,4-5H2,1-2H3,(H2,24,25,28,29,30)/t7-,10-,14+/m0/s1. The van der Waals surface area contributed by atoms with Gasteiger partial charge in [-0.25, -0.2) is 9.18 Å². The number of rotatable bonds is 0. The van der Waals surface area contributed by atoms with E-state index in [-0.39, 0.29) is 28.6 Å². The van der Waals surface area contributed by atoms with Gasteiger partial charge in [-0.2, -0.15) is 13.2 Å². The maximum absolute atomic E-state index is 15.5. The number of halogens is 4. The third-order valence-corrected chi connectivity index (χ3v) is 6.35. The monoisotopic (exact) mass is 456 g/mol. The lowest BCUT2D eigenvalue weighted by Crippen LogP contribution is -2.76. The van der Waals surface area contributed by atoms with Gasteiger partial charge in [-0.05, 0) is 25.5 Å². The second-order valence-electron chi connectivity index (χ2n) is 8.20. The molecule has 1 aromatic heterocycles. The number of imide groups is 2. The Kier molecular flexibility index (Phi) is 4.14. The van der Waals surface area contributed by atoms with Gasteiger partial charge in [0.1, 0.15) is 0 Å². The highest BCUT2D eigenvalue weighted by atomic mass is 19.4. The zero-order valence-corrected chi connectivity index (χ0v) is 16.7. The molecule has 5 rings (SSSR count). The fourth-order valence-electron chi connectivity index (χ4n) is 5.04. The lowest BCUT2D eigenvalue weighted by molar-refractivity contribution is -0.242. The maximum atomic E-state index is 15.5. The molecule has 2 N–H and O–H groups in total. The summed E-state index contributed by atoms with van der Waals surface area (Å²) in [6.45, 7) is 1.96. The second kappa shape index (κ2) is 6.40. The second-order valence-corrected chi connectivity index (χ2v) is 8.20. The van der Waals surface area contributed by atoms with Gasteiger partial charge >= 0.3 is 12.2 Å². The number of barbiturate groups is 1. The molecule has 0 bridgehead atoms. The third kappa shape index (κ3) is 2.60. The zero-order chi connectivity index (χ0) is 23.2. The van der Waals surface area contributed by atoms with Crippen LogP contribution in [0.25, 0.3) is 11.0 Å². The summed E-state index contributed by atoms with van der Waals surface area (Å²) < 4.78 is 66.4. The van der Waals surface area contributed by atoms with Gasteiger partial charge in [0.2, 0.25) is 17.4 Å². The highest BCUT2D eigenvalue weighted by Gasteiger charge is 2.65. The van der Waals surface area contributed by atoms with E-state index in [0.717, 1.165) is 4.90 Å². The number of aryl methyl sites for hydroxylation is 1. The minimum Gasteiger partial charge on any atom is -0.362 e. The fourth-order valence-corrected chi connectivity index (χ4v) is 5.04. The highest BCUT2D eigenvalue weighted by molar-refractivity contribution is 6.20. The summed E-state index contributed by atoms with van der Waals surface area (Å²) in [4.78, 5) is 38.8. The first kappa shape index (κ1) is 20.7. The molecule has 0 aliphatic carbocycles. The number of hydrogen-bond donors (Lipinski definition) is 2. The molecule has 9 nitrogen and oxygen atoms in total. The number of alkyl halides is 3. The Morgan fingerprint density at radius 1 is 1.22 bits per heavy atom. The molecule has 4 heterocycles. The van der Waals surface area contributed by atoms with E-state index >= 15 is 4.39 Å². The van der Waals surface area contributed by atoms with E-state index in [0.29, 0.717) is 5.69 Å². The van der Waals surface area contributed by atoms with Gasteiger partial charge in [-0.3, -0.25) is 20.2 Å². The molecule has 13 heteroatoms. The van der Waals surface area contributed by atoms with Gasteiger partial charge < -0.3 is 14.2 Å². The van der Waals surface area contributed by atoms with Gasteiger partial charge in [-0.15, -0.1) is 0 Å². The molecule has 3 aliphatic rings. The first-order chi connectivity index (χ1) is 14.9. The van der Waals surface area contributed by atoms with E-state index in [1.165, 1.54) is 13.0 Å². The number of carbonyl (C=O) groups excluding carboxylic acids is 3. The van der Waals surface area contributed by atoms with Crippen LogP contribution >= 0.6 is 0 Å². The molecular formula is C19H16F4N4O5. The average molecular weight is 456 g/mol. The van der Waals surface area contributed by atoms with Crippen LogP contribution in [0, 0.1) is 18.2 Å². The van der Waals surface area contributed by atoms with Crippen LogP contribution in [0.15, 0.2) is 10.6 Å². The maximum Gasteiger partial charge on any atom is 0.416 e. The molecule has 0 radical (unpaired) electrons. The third-order valence-electron chi connectivity index (χ3n) is 6.35. The van der Waals surface area contributed by atoms with Crippen molar-refractivity contribution in [2.24, 2.45) is 5.41 Å². The average Bonchev–Trinajstić information content (AvgIpc) is 3.06. The number of carbonyl (C=O) groups is 3. The Morgan fingerprint density at radius 3 is 2.50 bits per heavy atom. The first-order valence-electron chi connectivity index (χ1n) is 9.68. The minimum absolute atomic E-state index is 0.118. The normalized spacial score (nSPS) is 27.2. The minimum atomic E-state index is -4.78. The summed E-state index contributed by atoms with van der Waals surface area (Å²) in [6.07, 6.45) is -8.75. The molecular weight excluding hydrogens is 440 g/mol. The predicted octanol–water partition coefficient (Wildman–Crippen LogP) is 1.71. The predicted molar refractivity (Wildman–Crippen MR) is 98.0 cm³/mol. The van der Waals surface area contributed by atoms with E-state index in [2.05, 4.69) is 5.16 Å². The number of benzene rings is 1. The molecule has 4 amide bonds. The van der Waals surface area contributed by atoms with E-state index in [9.17, 15) is 27.6 Å². The Hall–Kier alpha value is -3.22. The van der Waals surface area contributed by atoms with E-state index in [1.807, 2.05) is 10.6 Å². The molecule has 1 aromatic carbocycles. The Bertz CT molecular complexity index is 1170. The number of nitrogens with zero attached hydrogens (tertiary/aromatic N) is 2. The van der Waals surface area contributed by atoms with Gasteiger partial charge in [0.15, 0.2) is 17.3 Å². The summed E-state index contributed by atoms with van der Waals surface area (Å²) in [7, 11) is 0. The summed E-state index contributed by atoms with van der Waals surface area (Å²) in [5.74, 6) is -2.92. The smallest absolute Gasteiger partial charge is 0.362 e. The van der Waals surface area contributed by atoms with Crippen LogP contribution in [0.1, 0.15) is 18.2 Å². The topological polar surface area (TPSA) is 114 Å². The molecule has 32 heavy (non-hydrogen) atoms. The summed E-state index contributed by atoms with van der Waals surface area (Å²) in [6, 6.07) is -0.924. The van der Waals surface area contributed by atoms with Gasteiger partial charge in [-0.1, -0.05) is 5.16 Å². The van der Waals surface area contributed by atoms with Crippen molar-refractivity contribution >= 4 is 34.5 Å². The zero-order valence-electron chi connectivity index (χ0n) is 16.7. The van der Waals surface area contributed by atoms with E-state index in [4.69, 9.17) is 9.26 Å². The van der Waals surface area contributed by atoms with Crippen molar-refractivity contribution in [1.29, 1.82) is 0 Å². The molecule has 3 atom stereocenters. The van der Waals surface area contributed by atoms with Crippen molar-refractivity contribution < 1.29 is 41.2 Å². The van der Waals surface area contributed by atoms with Crippen molar-refractivity contribution in [3.8, 4) is 0 Å². The van der Waals surface area contributed by atoms with Crippen molar-refractivity contribution in [2.75, 3.05) is 11.4 Å². The van der Waals surface area contributed by atoms with E-state index < -0.39 is 60.0 Å². The number of anilines is 1. The molecule has 3 aliphatic heterocycles. The van der Waals surface area contributed by atoms with Crippen LogP contribution in [0.3, 0.4) is 0 Å². The molecule has 1 spiro atoms. The number of nitrogens with one attached hydrogen (secondary N) is 2. The number of fused-ring (bicyclic) bond motifs is 5. The van der Waals surface area contributed by atoms with Gasteiger partial charge in [0, 0.05) is 11.8 Å². The van der Waals surface area contributed by atoms with Crippen LogP contribution in [-0.4, -0.2) is 54.0 Å². The molecule has 2 saturated heterocycles. The lowest BCUT2D eigenvalue weighted by atomic mass is 9.66. The Balaban J connectivity index is 1.77. The number of hydrogen-bond acceptors (Lipinski definition) is 7. The molecule has 0 unspecified atom stereocenters. The van der Waals surface area contributed by atoms with Crippen LogP contribution in [0.4, 0.5) is 28.0 Å².